The van der Waals surface area contributed by atoms with Crippen LogP contribution in [0.4, 0.5) is 13.2 Å². The number of ketones is 1. The maximum atomic E-state index is 13.2. The van der Waals surface area contributed by atoms with Crippen molar-refractivity contribution in [2.24, 2.45) is 5.41 Å². The Kier molecular flexibility index (Phi) is 6.06. The van der Waals surface area contributed by atoms with E-state index < -0.39 is 22.9 Å². The number of allylic oxidation sites excluding steroid dienone is 1. The summed E-state index contributed by atoms with van der Waals surface area (Å²) in [6, 6.07) is 0. The molecule has 1 N–H and O–H groups in total. The zero-order valence-corrected chi connectivity index (χ0v) is 13.7. The van der Waals surface area contributed by atoms with Gasteiger partial charge in [-0.2, -0.15) is 13.2 Å². The first-order valence-corrected chi connectivity index (χ1v) is 6.57. The third kappa shape index (κ3) is 4.14. The van der Waals surface area contributed by atoms with Gasteiger partial charge in [-0.3, -0.25) is 9.59 Å². The fraction of sp³-hybridized carbons (Fsp3) is 0.714. The fourth-order valence-electron chi connectivity index (χ4n) is 2.07. The predicted octanol–water partition coefficient (Wildman–Crippen LogP) is 2.34. The largest absolute Gasteiger partial charge is 0.483 e. The molecule has 0 radical (unpaired) electrons. The minimum atomic E-state index is -4.55. The molecule has 0 spiro atoms. The minimum Gasteiger partial charge on any atom is -0.483 e. The van der Waals surface area contributed by atoms with Gasteiger partial charge in [-0.25, -0.2) is 0 Å². The quantitative estimate of drug-likeness (QED) is 0.592. The van der Waals surface area contributed by atoms with E-state index in [4.69, 9.17) is 9.90 Å². The van der Waals surface area contributed by atoms with E-state index in [0.29, 0.717) is 0 Å². The Morgan fingerprint density at radius 1 is 1.27 bits per heavy atom. The van der Waals surface area contributed by atoms with Crippen molar-refractivity contribution < 1.29 is 27.9 Å². The average Bonchev–Trinajstić information content (AvgIpc) is 2.54. The highest BCUT2D eigenvalue weighted by Crippen LogP contribution is 2.48. The number of carboxylic acid groups (broad SMARTS) is 1. The third-order valence-corrected chi connectivity index (χ3v) is 3.31. The summed E-state index contributed by atoms with van der Waals surface area (Å²) in [5, 5.41) is 6.89. The number of rotatable bonds is 1. The molecule has 1 aliphatic heterocycles. The molecule has 0 aromatic carbocycles. The summed E-state index contributed by atoms with van der Waals surface area (Å²) in [5.41, 5.74) is -2.75. The number of Topliss-reactive ketones (excluding diaryl/α,β-unsaturated/α-hetero) is 1. The molecule has 1 saturated heterocycles. The standard InChI is InChI=1S/C13H21F3N2O.CH2O2/c1-11(2,3)18-8-12(4,13(14,15)16)10(19)9(18)7-17(5)6;2-1-3/h7H,8H2,1-6H3;1H,(H,2,3)/b9-7+;. The number of carbonyl (C=O) groups excluding carboxylic acids is 1. The molecule has 0 bridgehead atoms. The van der Waals surface area contributed by atoms with Crippen molar-refractivity contribution in [2.75, 3.05) is 20.6 Å². The highest BCUT2D eigenvalue weighted by molar-refractivity contribution is 6.02. The molecule has 0 aromatic rings. The summed E-state index contributed by atoms with van der Waals surface area (Å²) in [6.45, 7) is 5.78. The first-order valence-electron chi connectivity index (χ1n) is 6.57. The molecule has 1 atom stereocenters. The van der Waals surface area contributed by atoms with Gasteiger partial charge in [0, 0.05) is 32.4 Å². The van der Waals surface area contributed by atoms with Crippen molar-refractivity contribution in [2.45, 2.75) is 39.4 Å². The Bertz CT molecular complexity index is 453. The minimum absolute atomic E-state index is 0.123. The summed E-state index contributed by atoms with van der Waals surface area (Å²) in [7, 11) is 3.37. The van der Waals surface area contributed by atoms with E-state index in [0.717, 1.165) is 6.92 Å². The van der Waals surface area contributed by atoms with E-state index >= 15 is 0 Å². The molecule has 0 aromatic heterocycles. The van der Waals surface area contributed by atoms with Crippen molar-refractivity contribution in [1.29, 1.82) is 0 Å². The number of alkyl halides is 3. The fourth-order valence-corrected chi connectivity index (χ4v) is 2.07. The van der Waals surface area contributed by atoms with Gasteiger partial charge >= 0.3 is 6.18 Å². The van der Waals surface area contributed by atoms with E-state index in [9.17, 15) is 18.0 Å². The van der Waals surface area contributed by atoms with Gasteiger partial charge in [-0.1, -0.05) is 0 Å². The van der Waals surface area contributed by atoms with Gasteiger partial charge in [-0.15, -0.1) is 0 Å². The Labute approximate surface area is 128 Å². The van der Waals surface area contributed by atoms with Crippen molar-refractivity contribution in [3.8, 4) is 0 Å². The first kappa shape index (κ1) is 20.3. The van der Waals surface area contributed by atoms with E-state index in [1.54, 1.807) is 39.8 Å². The van der Waals surface area contributed by atoms with Crippen molar-refractivity contribution in [3.05, 3.63) is 11.9 Å². The molecule has 0 saturated carbocycles. The first-order chi connectivity index (χ1) is 9.72. The van der Waals surface area contributed by atoms with E-state index in [1.807, 2.05) is 0 Å². The lowest BCUT2D eigenvalue weighted by Gasteiger charge is -2.35. The zero-order chi connectivity index (χ0) is 17.9. The summed E-state index contributed by atoms with van der Waals surface area (Å²) in [5.74, 6) is -0.858. The van der Waals surface area contributed by atoms with Crippen LogP contribution in [0.1, 0.15) is 27.7 Å². The van der Waals surface area contributed by atoms with Crippen LogP contribution in [0.5, 0.6) is 0 Å². The monoisotopic (exact) mass is 324 g/mol. The van der Waals surface area contributed by atoms with E-state index in [2.05, 4.69) is 0 Å². The van der Waals surface area contributed by atoms with Crippen LogP contribution >= 0.6 is 0 Å². The molecular weight excluding hydrogens is 301 g/mol. The third-order valence-electron chi connectivity index (χ3n) is 3.31. The van der Waals surface area contributed by atoms with Crippen molar-refractivity contribution in [3.63, 3.8) is 0 Å². The van der Waals surface area contributed by atoms with E-state index in [1.165, 1.54) is 11.1 Å². The maximum Gasteiger partial charge on any atom is 0.403 e. The van der Waals surface area contributed by atoms with E-state index in [-0.39, 0.29) is 18.7 Å². The van der Waals surface area contributed by atoms with Gasteiger partial charge < -0.3 is 14.9 Å². The van der Waals surface area contributed by atoms with Crippen molar-refractivity contribution >= 4 is 12.3 Å². The number of carbonyl (C=O) groups is 2. The molecule has 1 unspecified atom stereocenters. The molecule has 1 rings (SSSR count). The van der Waals surface area contributed by atoms with Gasteiger partial charge in [0.1, 0.15) is 5.41 Å². The lowest BCUT2D eigenvalue weighted by atomic mass is 9.87. The van der Waals surface area contributed by atoms with Crippen LogP contribution in [0.25, 0.3) is 0 Å². The Hall–Kier alpha value is -1.73. The van der Waals surface area contributed by atoms with Crippen LogP contribution in [0, 0.1) is 5.41 Å². The highest BCUT2D eigenvalue weighted by Gasteiger charge is 2.63. The topological polar surface area (TPSA) is 60.9 Å². The number of halogens is 3. The Morgan fingerprint density at radius 2 is 1.68 bits per heavy atom. The van der Waals surface area contributed by atoms with Gasteiger partial charge in [0.2, 0.25) is 0 Å². The van der Waals surface area contributed by atoms with Gasteiger partial charge in [-0.05, 0) is 27.7 Å². The Balaban J connectivity index is 0.00000135. The second-order valence-electron chi connectivity index (χ2n) is 6.50. The van der Waals surface area contributed by atoms with Crippen LogP contribution in [0.3, 0.4) is 0 Å². The van der Waals surface area contributed by atoms with Crippen LogP contribution < -0.4 is 0 Å². The van der Waals surface area contributed by atoms with Crippen LogP contribution in [0.2, 0.25) is 0 Å². The number of likely N-dealkylation sites (tertiary alicyclic amines) is 1. The second kappa shape index (κ2) is 6.58. The molecule has 1 aliphatic rings. The highest BCUT2D eigenvalue weighted by atomic mass is 19.4. The van der Waals surface area contributed by atoms with Crippen molar-refractivity contribution in [1.82, 2.24) is 9.80 Å². The molecule has 5 nitrogen and oxygen atoms in total. The molecule has 128 valence electrons. The number of nitrogens with zero attached hydrogens (tertiary/aromatic N) is 2. The molecule has 22 heavy (non-hydrogen) atoms. The summed E-state index contributed by atoms with van der Waals surface area (Å²) >= 11 is 0. The molecular formula is C14H23F3N2O3. The molecule has 8 heteroatoms. The van der Waals surface area contributed by atoms with Gasteiger partial charge in [0.25, 0.3) is 6.47 Å². The molecule has 1 heterocycles. The van der Waals surface area contributed by atoms with Gasteiger partial charge in [0.05, 0.1) is 5.70 Å². The molecule has 0 aliphatic carbocycles. The predicted molar refractivity (Wildman–Crippen MR) is 76.1 cm³/mol. The number of hydrogen-bond acceptors (Lipinski definition) is 4. The molecule has 0 amide bonds. The Morgan fingerprint density at radius 3 is 1.95 bits per heavy atom. The summed E-state index contributed by atoms with van der Waals surface area (Å²) in [6.07, 6.45) is -3.08. The zero-order valence-electron chi connectivity index (χ0n) is 13.7. The van der Waals surface area contributed by atoms with Crippen LogP contribution in [0.15, 0.2) is 11.9 Å². The summed E-state index contributed by atoms with van der Waals surface area (Å²) in [4.78, 5) is 23.7. The summed E-state index contributed by atoms with van der Waals surface area (Å²) < 4.78 is 39.5. The lowest BCUT2D eigenvalue weighted by molar-refractivity contribution is -0.210. The second-order valence-corrected chi connectivity index (χ2v) is 6.50. The molecule has 1 fully saturated rings. The maximum absolute atomic E-state index is 13.2. The van der Waals surface area contributed by atoms with Crippen LogP contribution in [-0.2, 0) is 9.59 Å². The lowest BCUT2D eigenvalue weighted by Crippen LogP contribution is -2.45. The smallest absolute Gasteiger partial charge is 0.403 e. The number of hydrogen-bond donors (Lipinski definition) is 1. The average molecular weight is 324 g/mol. The van der Waals surface area contributed by atoms with Gasteiger partial charge in [0.15, 0.2) is 5.78 Å². The normalized spacial score (nSPS) is 24.1. The SMILES string of the molecule is CN(C)/C=C1\C(=O)C(C)(C(F)(F)F)CN1C(C)(C)C.O=CO. The van der Waals surface area contributed by atoms with Crippen LogP contribution in [-0.4, -0.2) is 59.5 Å².